The summed E-state index contributed by atoms with van der Waals surface area (Å²) < 4.78 is 39.0. The minimum absolute atomic E-state index is 0.134. The second kappa shape index (κ2) is 4.78. The van der Waals surface area contributed by atoms with Gasteiger partial charge >= 0.3 is 11.7 Å². The standard InChI is InChI=1S/C11H7ClF3N3O2/c1-5-16-17-9(10(19)18(5)20)7-3-2-6(12)4-8(7)11(13,14)15/h2-4,20H,1H3. The Labute approximate surface area is 115 Å². The molecule has 0 aliphatic heterocycles. The molecule has 1 aromatic heterocycles. The topological polar surface area (TPSA) is 68.0 Å². The molecule has 1 aromatic carbocycles. The van der Waals surface area contributed by atoms with Crippen LogP contribution in [0.15, 0.2) is 23.0 Å². The van der Waals surface area contributed by atoms with Crippen LogP contribution in [0, 0.1) is 6.92 Å². The molecule has 0 saturated carbocycles. The zero-order chi connectivity index (χ0) is 15.1. The first-order valence-electron chi connectivity index (χ1n) is 5.24. The Balaban J connectivity index is 2.78. The Morgan fingerprint density at radius 1 is 1.30 bits per heavy atom. The summed E-state index contributed by atoms with van der Waals surface area (Å²) in [5.74, 6) is -0.138. The van der Waals surface area contributed by atoms with E-state index in [-0.39, 0.29) is 15.6 Å². The summed E-state index contributed by atoms with van der Waals surface area (Å²) in [4.78, 5) is 11.8. The van der Waals surface area contributed by atoms with Gasteiger partial charge in [0.05, 0.1) is 5.56 Å². The van der Waals surface area contributed by atoms with Gasteiger partial charge in [0.25, 0.3) is 0 Å². The lowest BCUT2D eigenvalue weighted by molar-refractivity contribution is -0.137. The van der Waals surface area contributed by atoms with Gasteiger partial charge in [-0.2, -0.15) is 13.2 Å². The molecule has 0 saturated heterocycles. The van der Waals surface area contributed by atoms with Crippen molar-refractivity contribution in [1.29, 1.82) is 0 Å². The van der Waals surface area contributed by atoms with E-state index in [1.807, 2.05) is 0 Å². The molecule has 0 spiro atoms. The number of hydrogen-bond acceptors (Lipinski definition) is 4. The SMILES string of the molecule is Cc1nnc(-c2ccc(Cl)cc2C(F)(F)F)c(=O)n1O. The molecule has 9 heteroatoms. The highest BCUT2D eigenvalue weighted by molar-refractivity contribution is 6.30. The van der Waals surface area contributed by atoms with Crippen molar-refractivity contribution >= 4 is 11.6 Å². The van der Waals surface area contributed by atoms with E-state index in [0.717, 1.165) is 6.07 Å². The zero-order valence-corrected chi connectivity index (χ0v) is 10.7. The van der Waals surface area contributed by atoms with Crippen molar-refractivity contribution in [3.8, 4) is 11.3 Å². The van der Waals surface area contributed by atoms with Crippen LogP contribution in [-0.2, 0) is 6.18 Å². The molecule has 0 atom stereocenters. The lowest BCUT2D eigenvalue weighted by Gasteiger charge is -2.12. The summed E-state index contributed by atoms with van der Waals surface area (Å²) in [6.07, 6.45) is -4.72. The van der Waals surface area contributed by atoms with Crippen LogP contribution < -0.4 is 5.56 Å². The first-order valence-corrected chi connectivity index (χ1v) is 5.62. The Bertz CT molecular complexity index is 728. The molecule has 0 amide bonds. The highest BCUT2D eigenvalue weighted by Crippen LogP contribution is 2.37. The van der Waals surface area contributed by atoms with Crippen LogP contribution >= 0.6 is 11.6 Å². The second-order valence-electron chi connectivity index (χ2n) is 3.90. The highest BCUT2D eigenvalue weighted by Gasteiger charge is 2.35. The molecule has 5 nitrogen and oxygen atoms in total. The van der Waals surface area contributed by atoms with Crippen molar-refractivity contribution < 1.29 is 18.4 Å². The molecule has 0 aliphatic carbocycles. The van der Waals surface area contributed by atoms with Gasteiger partial charge in [-0.25, -0.2) is 0 Å². The number of rotatable bonds is 1. The lowest BCUT2D eigenvalue weighted by Crippen LogP contribution is -2.25. The van der Waals surface area contributed by atoms with Gasteiger partial charge in [0.15, 0.2) is 11.5 Å². The van der Waals surface area contributed by atoms with E-state index in [1.54, 1.807) is 0 Å². The maximum Gasteiger partial charge on any atom is 0.417 e. The molecular formula is C11H7ClF3N3O2. The summed E-state index contributed by atoms with van der Waals surface area (Å²) >= 11 is 5.54. The van der Waals surface area contributed by atoms with Crippen molar-refractivity contribution in [2.24, 2.45) is 0 Å². The molecule has 0 radical (unpaired) electrons. The number of hydrogen-bond donors (Lipinski definition) is 1. The molecule has 1 heterocycles. The highest BCUT2D eigenvalue weighted by atomic mass is 35.5. The maximum atomic E-state index is 12.9. The summed E-state index contributed by atoms with van der Waals surface area (Å²) in [6.45, 7) is 1.28. The molecule has 0 bridgehead atoms. The van der Waals surface area contributed by atoms with Gasteiger partial charge in [0, 0.05) is 10.6 Å². The molecule has 2 rings (SSSR count). The minimum atomic E-state index is -4.72. The summed E-state index contributed by atoms with van der Waals surface area (Å²) in [6, 6.07) is 2.88. The van der Waals surface area contributed by atoms with Gasteiger partial charge in [0.1, 0.15) is 0 Å². The van der Waals surface area contributed by atoms with E-state index in [2.05, 4.69) is 10.2 Å². The van der Waals surface area contributed by atoms with Crippen molar-refractivity contribution in [1.82, 2.24) is 14.9 Å². The molecule has 2 aromatic rings. The van der Waals surface area contributed by atoms with Gasteiger partial charge in [-0.15, -0.1) is 14.9 Å². The van der Waals surface area contributed by atoms with Crippen LogP contribution in [0.1, 0.15) is 11.4 Å². The van der Waals surface area contributed by atoms with E-state index in [1.165, 1.54) is 13.0 Å². The van der Waals surface area contributed by atoms with Crippen LogP contribution in [0.25, 0.3) is 11.3 Å². The summed E-state index contributed by atoms with van der Waals surface area (Å²) in [5.41, 5.74) is -3.32. The monoisotopic (exact) mass is 305 g/mol. The van der Waals surface area contributed by atoms with Gasteiger partial charge in [-0.3, -0.25) is 4.79 Å². The van der Waals surface area contributed by atoms with Crippen LogP contribution in [0.3, 0.4) is 0 Å². The van der Waals surface area contributed by atoms with E-state index in [4.69, 9.17) is 11.6 Å². The largest absolute Gasteiger partial charge is 0.424 e. The average Bonchev–Trinajstić information content (AvgIpc) is 2.36. The Morgan fingerprint density at radius 3 is 2.55 bits per heavy atom. The van der Waals surface area contributed by atoms with Gasteiger partial charge in [-0.1, -0.05) is 17.7 Å². The zero-order valence-electron chi connectivity index (χ0n) is 9.94. The van der Waals surface area contributed by atoms with Gasteiger partial charge < -0.3 is 5.21 Å². The molecule has 20 heavy (non-hydrogen) atoms. The minimum Gasteiger partial charge on any atom is -0.424 e. The Kier molecular flexibility index (Phi) is 3.43. The van der Waals surface area contributed by atoms with E-state index in [9.17, 15) is 23.2 Å². The van der Waals surface area contributed by atoms with Crippen LogP contribution in [0.5, 0.6) is 0 Å². The van der Waals surface area contributed by atoms with E-state index in [0.29, 0.717) is 6.07 Å². The number of benzene rings is 1. The third-order valence-electron chi connectivity index (χ3n) is 2.54. The molecule has 0 unspecified atom stereocenters. The van der Waals surface area contributed by atoms with E-state index < -0.39 is 28.6 Å². The summed E-state index contributed by atoms with van der Waals surface area (Å²) in [7, 11) is 0. The predicted octanol–water partition coefficient (Wildman–Crippen LogP) is 2.52. The first-order chi connectivity index (χ1) is 9.21. The number of alkyl halides is 3. The Morgan fingerprint density at radius 2 is 1.95 bits per heavy atom. The number of aryl methyl sites for hydroxylation is 1. The smallest absolute Gasteiger partial charge is 0.417 e. The van der Waals surface area contributed by atoms with Gasteiger partial charge in [0.2, 0.25) is 0 Å². The van der Waals surface area contributed by atoms with Crippen LogP contribution in [0.4, 0.5) is 13.2 Å². The number of aromatic nitrogens is 3. The van der Waals surface area contributed by atoms with Crippen molar-refractivity contribution in [3.63, 3.8) is 0 Å². The third-order valence-corrected chi connectivity index (χ3v) is 2.77. The van der Waals surface area contributed by atoms with Crippen molar-refractivity contribution in [2.45, 2.75) is 13.1 Å². The van der Waals surface area contributed by atoms with E-state index >= 15 is 0 Å². The predicted molar refractivity (Wildman–Crippen MR) is 63.7 cm³/mol. The molecular weight excluding hydrogens is 299 g/mol. The maximum absolute atomic E-state index is 12.9. The van der Waals surface area contributed by atoms with Crippen LogP contribution in [-0.4, -0.2) is 20.1 Å². The van der Waals surface area contributed by atoms with Crippen molar-refractivity contribution in [3.05, 3.63) is 45.0 Å². The van der Waals surface area contributed by atoms with Gasteiger partial charge in [-0.05, 0) is 19.1 Å². The number of halogens is 4. The molecule has 106 valence electrons. The third kappa shape index (κ3) is 2.46. The summed E-state index contributed by atoms with van der Waals surface area (Å²) in [5, 5.41) is 16.1. The van der Waals surface area contributed by atoms with Crippen molar-refractivity contribution in [2.75, 3.05) is 0 Å². The Hall–Kier alpha value is -2.09. The van der Waals surface area contributed by atoms with Crippen LogP contribution in [0.2, 0.25) is 5.02 Å². The first kappa shape index (κ1) is 14.3. The molecule has 1 N–H and O–H groups in total. The fourth-order valence-electron chi connectivity index (χ4n) is 1.58. The fourth-order valence-corrected chi connectivity index (χ4v) is 1.75. The fraction of sp³-hybridized carbons (Fsp3) is 0.182. The average molecular weight is 306 g/mol. The molecule has 0 fully saturated rings. The quantitative estimate of drug-likeness (QED) is 0.822. The second-order valence-corrected chi connectivity index (χ2v) is 4.34. The lowest BCUT2D eigenvalue weighted by atomic mass is 10.0. The number of nitrogens with zero attached hydrogens (tertiary/aromatic N) is 3. The normalized spacial score (nSPS) is 11.7. The molecule has 0 aliphatic rings.